The average molecular weight is 447 g/mol. The zero-order chi connectivity index (χ0) is 23.3. The highest BCUT2D eigenvalue weighted by molar-refractivity contribution is 5.68. The molecule has 0 heterocycles. The molecule has 0 saturated carbocycles. The highest BCUT2D eigenvalue weighted by atomic mass is 16.5. The quantitative estimate of drug-likeness (QED) is 0.135. The number of hydrogen-bond acceptors (Lipinski definition) is 6. The molecule has 186 valence electrons. The molecule has 0 rings (SSSR count). The van der Waals surface area contributed by atoms with E-state index in [0.29, 0.717) is 32.8 Å². The monoisotopic (exact) mass is 446 g/mol. The van der Waals surface area contributed by atoms with Gasteiger partial charge in [0.15, 0.2) is 0 Å². The summed E-state index contributed by atoms with van der Waals surface area (Å²) in [5.74, 6) is -0.0763. The van der Waals surface area contributed by atoms with E-state index in [9.17, 15) is 4.79 Å². The number of carbonyl (C=O) groups is 1. The molecule has 0 bridgehead atoms. The van der Waals surface area contributed by atoms with Crippen LogP contribution >= 0.6 is 0 Å². The van der Waals surface area contributed by atoms with Crippen LogP contribution in [0.2, 0.25) is 0 Å². The molecule has 0 amide bonds. The molecule has 0 fully saturated rings. The van der Waals surface area contributed by atoms with E-state index in [4.69, 9.17) is 19.7 Å². The van der Waals surface area contributed by atoms with Crippen LogP contribution in [0.15, 0.2) is 12.2 Å². The number of unbranched alkanes of at least 4 members (excludes halogenated alkanes) is 11. The summed E-state index contributed by atoms with van der Waals surface area (Å²) >= 11 is 0. The van der Waals surface area contributed by atoms with Crippen LogP contribution < -0.4 is 0 Å². The Hall–Kier alpha value is -0.950. The minimum Gasteiger partial charge on any atom is -0.469 e. The minimum atomic E-state index is -0.0763. The Kier molecular flexibility index (Phi) is 32.5. The van der Waals surface area contributed by atoms with Gasteiger partial charge in [0.1, 0.15) is 0 Å². The Morgan fingerprint density at radius 1 is 0.677 bits per heavy atom. The number of methoxy groups -OCH3 is 1. The first-order valence-electron chi connectivity index (χ1n) is 12.3. The van der Waals surface area contributed by atoms with Crippen molar-refractivity contribution < 1.29 is 29.2 Å². The number of aliphatic hydroxyl groups is 2. The van der Waals surface area contributed by atoms with Gasteiger partial charge >= 0.3 is 5.97 Å². The second kappa shape index (κ2) is 31.2. The molecule has 0 aliphatic heterocycles. The van der Waals surface area contributed by atoms with E-state index >= 15 is 0 Å². The molecule has 0 aromatic rings. The summed E-state index contributed by atoms with van der Waals surface area (Å²) in [5, 5.41) is 16.5. The summed E-state index contributed by atoms with van der Waals surface area (Å²) in [7, 11) is 1.46. The van der Waals surface area contributed by atoms with Crippen molar-refractivity contribution >= 4 is 5.97 Å². The lowest BCUT2D eigenvalue weighted by molar-refractivity contribution is -0.140. The number of esters is 1. The molecule has 0 unspecified atom stereocenters. The maximum atomic E-state index is 10.9. The fraction of sp³-hybridized carbons (Fsp3) is 0.880. The van der Waals surface area contributed by atoms with Crippen molar-refractivity contribution in [2.45, 2.75) is 96.8 Å². The van der Waals surface area contributed by atoms with Crippen LogP contribution in [0.3, 0.4) is 0 Å². The van der Waals surface area contributed by atoms with E-state index < -0.39 is 0 Å². The van der Waals surface area contributed by atoms with E-state index in [2.05, 4.69) is 23.8 Å². The first kappa shape index (κ1) is 32.2. The predicted octanol–water partition coefficient (Wildman–Crippen LogP) is 5.20. The summed E-state index contributed by atoms with van der Waals surface area (Å²) in [6, 6.07) is 0. The van der Waals surface area contributed by atoms with Gasteiger partial charge in [0.05, 0.1) is 46.8 Å². The number of hydrogen-bond donors (Lipinski definition) is 2. The maximum Gasteiger partial charge on any atom is 0.305 e. The van der Waals surface area contributed by atoms with Crippen LogP contribution in [-0.4, -0.2) is 62.9 Å². The Bertz CT molecular complexity index is 352. The maximum absolute atomic E-state index is 10.9. The molecule has 0 saturated heterocycles. The number of rotatable bonds is 22. The van der Waals surface area contributed by atoms with Crippen molar-refractivity contribution in [1.29, 1.82) is 0 Å². The van der Waals surface area contributed by atoms with Gasteiger partial charge in [0.25, 0.3) is 0 Å². The normalized spacial score (nSPS) is 10.8. The lowest BCUT2D eigenvalue weighted by Gasteiger charge is -2.01. The van der Waals surface area contributed by atoms with Gasteiger partial charge in [-0.3, -0.25) is 4.79 Å². The molecule has 2 N–H and O–H groups in total. The molecule has 0 aromatic heterocycles. The molecule has 0 aromatic carbocycles. The third-order valence-electron chi connectivity index (χ3n) is 4.71. The zero-order valence-corrected chi connectivity index (χ0v) is 20.3. The molecule has 6 nitrogen and oxygen atoms in total. The highest BCUT2D eigenvalue weighted by Gasteiger charge is 1.98. The van der Waals surface area contributed by atoms with E-state index in [1.165, 1.54) is 77.7 Å². The van der Waals surface area contributed by atoms with Gasteiger partial charge in [-0.25, -0.2) is 0 Å². The Labute approximate surface area is 191 Å². The van der Waals surface area contributed by atoms with Crippen molar-refractivity contribution in [3.8, 4) is 0 Å². The predicted molar refractivity (Wildman–Crippen MR) is 127 cm³/mol. The molecule has 6 heteroatoms. The Balaban J connectivity index is 0. The van der Waals surface area contributed by atoms with Crippen molar-refractivity contribution in [2.24, 2.45) is 0 Å². The van der Waals surface area contributed by atoms with Gasteiger partial charge in [0, 0.05) is 6.42 Å². The summed E-state index contributed by atoms with van der Waals surface area (Å²) < 4.78 is 14.4. The molecule has 0 radical (unpaired) electrons. The van der Waals surface area contributed by atoms with E-state index in [-0.39, 0.29) is 19.2 Å². The second-order valence-electron chi connectivity index (χ2n) is 7.58. The molecule has 0 atom stereocenters. The third kappa shape index (κ3) is 33.9. The molecular formula is C25H50O6. The SMILES string of the molecule is CCCCCCCC/C=C\CCCCCCCC(=O)OC.OCCOCCOCCO. The van der Waals surface area contributed by atoms with E-state index in [0.717, 1.165) is 12.8 Å². The topological polar surface area (TPSA) is 85.2 Å². The molecule has 0 spiro atoms. The lowest BCUT2D eigenvalue weighted by atomic mass is 10.1. The summed E-state index contributed by atoms with van der Waals surface area (Å²) in [6.07, 6.45) is 22.0. The molecular weight excluding hydrogens is 396 g/mol. The van der Waals surface area contributed by atoms with Crippen molar-refractivity contribution in [2.75, 3.05) is 46.8 Å². The van der Waals surface area contributed by atoms with Crippen molar-refractivity contribution in [3.63, 3.8) is 0 Å². The Morgan fingerprint density at radius 2 is 1.13 bits per heavy atom. The van der Waals surface area contributed by atoms with Crippen LogP contribution in [-0.2, 0) is 19.0 Å². The number of aliphatic hydroxyl groups excluding tert-OH is 2. The number of allylic oxidation sites excluding steroid dienone is 2. The van der Waals surface area contributed by atoms with Gasteiger partial charge in [-0.2, -0.15) is 0 Å². The standard InChI is InChI=1S/C19H36O2.C6H14O4/c1-3-4-5-6-7-8-9-10-11-12-13-14-15-16-17-18-19(20)21-2;7-1-3-9-5-6-10-4-2-8/h10-11H,3-9,12-18H2,1-2H3;7-8H,1-6H2/b11-10-;. The van der Waals surface area contributed by atoms with E-state index in [1.54, 1.807) is 0 Å². The minimum absolute atomic E-state index is 0.0417. The van der Waals surface area contributed by atoms with Crippen LogP contribution in [0.5, 0.6) is 0 Å². The number of ether oxygens (including phenoxy) is 3. The van der Waals surface area contributed by atoms with Gasteiger partial charge in [0.2, 0.25) is 0 Å². The zero-order valence-electron chi connectivity index (χ0n) is 20.3. The highest BCUT2D eigenvalue weighted by Crippen LogP contribution is 2.10. The van der Waals surface area contributed by atoms with Gasteiger partial charge in [-0.05, 0) is 32.1 Å². The first-order valence-corrected chi connectivity index (χ1v) is 12.3. The molecule has 31 heavy (non-hydrogen) atoms. The summed E-state index contributed by atoms with van der Waals surface area (Å²) in [4.78, 5) is 10.9. The first-order chi connectivity index (χ1) is 15.2. The largest absolute Gasteiger partial charge is 0.469 e. The summed E-state index contributed by atoms with van der Waals surface area (Å²) in [6.45, 7) is 3.99. The van der Waals surface area contributed by atoms with Crippen molar-refractivity contribution in [3.05, 3.63) is 12.2 Å². The fourth-order valence-electron chi connectivity index (χ4n) is 2.89. The van der Waals surface area contributed by atoms with Gasteiger partial charge in [-0.15, -0.1) is 0 Å². The molecule has 0 aliphatic carbocycles. The van der Waals surface area contributed by atoms with Crippen LogP contribution in [0.1, 0.15) is 96.8 Å². The smallest absolute Gasteiger partial charge is 0.305 e. The fourth-order valence-corrected chi connectivity index (χ4v) is 2.89. The van der Waals surface area contributed by atoms with Crippen molar-refractivity contribution in [1.82, 2.24) is 0 Å². The van der Waals surface area contributed by atoms with Crippen LogP contribution in [0.4, 0.5) is 0 Å². The van der Waals surface area contributed by atoms with E-state index in [1.807, 2.05) is 0 Å². The van der Waals surface area contributed by atoms with Gasteiger partial charge < -0.3 is 24.4 Å². The number of carbonyl (C=O) groups excluding carboxylic acids is 1. The Morgan fingerprint density at radius 3 is 1.58 bits per heavy atom. The third-order valence-corrected chi connectivity index (χ3v) is 4.71. The lowest BCUT2D eigenvalue weighted by Crippen LogP contribution is -2.09. The van der Waals surface area contributed by atoms with Gasteiger partial charge in [-0.1, -0.05) is 70.4 Å². The molecule has 0 aliphatic rings. The van der Waals surface area contributed by atoms with Crippen LogP contribution in [0.25, 0.3) is 0 Å². The second-order valence-corrected chi connectivity index (χ2v) is 7.58. The average Bonchev–Trinajstić information content (AvgIpc) is 2.79. The van der Waals surface area contributed by atoms with Crippen LogP contribution in [0, 0.1) is 0 Å². The summed E-state index contributed by atoms with van der Waals surface area (Å²) in [5.41, 5.74) is 0.